The Morgan fingerprint density at radius 2 is 2.12 bits per heavy atom. The third-order valence-corrected chi connectivity index (χ3v) is 2.79. The van der Waals surface area contributed by atoms with Crippen LogP contribution < -0.4 is 0 Å². The van der Waals surface area contributed by atoms with Crippen molar-refractivity contribution >= 4 is 27.5 Å². The highest BCUT2D eigenvalue weighted by atomic mass is 32.1. The summed E-state index contributed by atoms with van der Waals surface area (Å²) < 4.78 is 38.0. The highest BCUT2D eigenvalue weighted by Crippen LogP contribution is 2.33. The van der Waals surface area contributed by atoms with Gasteiger partial charge in [-0.1, -0.05) is 0 Å². The fourth-order valence-electron chi connectivity index (χ4n) is 1.27. The van der Waals surface area contributed by atoms with Gasteiger partial charge in [0.25, 0.3) is 0 Å². The van der Waals surface area contributed by atoms with E-state index in [2.05, 4.69) is 4.98 Å². The smallest absolute Gasteiger partial charge is 0.434 e. The van der Waals surface area contributed by atoms with Crippen molar-refractivity contribution in [2.75, 3.05) is 0 Å². The second kappa shape index (κ2) is 3.44. The number of halogens is 3. The number of carbonyl (C=O) groups is 1. The molecule has 2 rings (SSSR count). The lowest BCUT2D eigenvalue weighted by Gasteiger charge is -2.08. The number of thiophene rings is 1. The number of pyridine rings is 1. The monoisotopic (exact) mass is 247 g/mol. The molecule has 2 heterocycles. The van der Waals surface area contributed by atoms with Crippen LogP contribution >= 0.6 is 11.3 Å². The summed E-state index contributed by atoms with van der Waals surface area (Å²) in [7, 11) is 0. The number of hydrogen-bond acceptors (Lipinski definition) is 3. The van der Waals surface area contributed by atoms with Crippen LogP contribution in [-0.4, -0.2) is 16.1 Å². The summed E-state index contributed by atoms with van der Waals surface area (Å²) in [5, 5.41) is 10.2. The molecule has 7 heteroatoms. The Morgan fingerprint density at radius 1 is 1.44 bits per heavy atom. The van der Waals surface area contributed by atoms with Crippen molar-refractivity contribution in [1.29, 1.82) is 0 Å². The van der Waals surface area contributed by atoms with E-state index >= 15 is 0 Å². The van der Waals surface area contributed by atoms with Crippen LogP contribution in [0, 0.1) is 0 Å². The van der Waals surface area contributed by atoms with Crippen LogP contribution in [0.2, 0.25) is 0 Å². The molecule has 16 heavy (non-hydrogen) atoms. The molecule has 0 radical (unpaired) electrons. The predicted octanol–water partition coefficient (Wildman–Crippen LogP) is 3.01. The first-order valence-electron chi connectivity index (χ1n) is 4.08. The molecular weight excluding hydrogens is 243 g/mol. The summed E-state index contributed by atoms with van der Waals surface area (Å²) in [6.45, 7) is 0. The molecule has 3 nitrogen and oxygen atoms in total. The molecule has 0 unspecified atom stereocenters. The van der Waals surface area contributed by atoms with Crippen LogP contribution in [0.5, 0.6) is 0 Å². The molecule has 0 atom stereocenters. The van der Waals surface area contributed by atoms with E-state index < -0.39 is 23.4 Å². The number of nitrogens with zero attached hydrogens (tertiary/aromatic N) is 1. The summed E-state index contributed by atoms with van der Waals surface area (Å²) in [6.07, 6.45) is -4.76. The van der Waals surface area contributed by atoms with Gasteiger partial charge in [-0.05, 0) is 17.5 Å². The second-order valence-electron chi connectivity index (χ2n) is 2.99. The van der Waals surface area contributed by atoms with Crippen molar-refractivity contribution in [1.82, 2.24) is 4.98 Å². The molecule has 1 N–H and O–H groups in total. The molecule has 0 fully saturated rings. The van der Waals surface area contributed by atoms with Crippen molar-refractivity contribution < 1.29 is 23.1 Å². The molecule has 0 saturated heterocycles. The minimum atomic E-state index is -4.76. The maximum atomic E-state index is 12.5. The molecule has 2 aromatic rings. The van der Waals surface area contributed by atoms with Crippen LogP contribution in [0.25, 0.3) is 10.2 Å². The van der Waals surface area contributed by atoms with E-state index in [9.17, 15) is 18.0 Å². The first-order chi connectivity index (χ1) is 7.39. The van der Waals surface area contributed by atoms with Crippen LogP contribution in [-0.2, 0) is 6.18 Å². The topological polar surface area (TPSA) is 50.2 Å². The Bertz CT molecular complexity index is 561. The van der Waals surface area contributed by atoms with Crippen molar-refractivity contribution in [3.63, 3.8) is 0 Å². The third-order valence-electron chi connectivity index (χ3n) is 1.94. The summed E-state index contributed by atoms with van der Waals surface area (Å²) in [6, 6.07) is 2.42. The largest absolute Gasteiger partial charge is 0.478 e. The number of fused-ring (bicyclic) bond motifs is 1. The van der Waals surface area contributed by atoms with Gasteiger partial charge >= 0.3 is 12.1 Å². The summed E-state index contributed by atoms with van der Waals surface area (Å²) in [5.41, 5.74) is -2.02. The Morgan fingerprint density at radius 3 is 2.69 bits per heavy atom. The van der Waals surface area contributed by atoms with Gasteiger partial charge in [0, 0.05) is 0 Å². The summed E-state index contributed by atoms with van der Waals surface area (Å²) in [5.74, 6) is -1.63. The lowest BCUT2D eigenvalue weighted by Crippen LogP contribution is -2.15. The lowest BCUT2D eigenvalue weighted by atomic mass is 10.2. The minimum Gasteiger partial charge on any atom is -0.478 e. The second-order valence-corrected chi connectivity index (χ2v) is 3.94. The van der Waals surface area contributed by atoms with Gasteiger partial charge in [-0.3, -0.25) is 0 Å². The molecule has 0 aliphatic rings. The first kappa shape index (κ1) is 10.9. The van der Waals surface area contributed by atoms with Crippen LogP contribution in [0.4, 0.5) is 13.2 Å². The predicted molar refractivity (Wildman–Crippen MR) is 51.6 cm³/mol. The molecular formula is C9H4F3NO2S. The highest BCUT2D eigenvalue weighted by molar-refractivity contribution is 7.17. The summed E-state index contributed by atoms with van der Waals surface area (Å²) >= 11 is 1.15. The number of carboxylic acids is 1. The third kappa shape index (κ3) is 1.73. The molecule has 2 aromatic heterocycles. The molecule has 84 valence electrons. The zero-order valence-corrected chi connectivity index (χ0v) is 8.39. The fraction of sp³-hybridized carbons (Fsp3) is 0.111. The average Bonchev–Trinajstić information content (AvgIpc) is 2.60. The van der Waals surface area contributed by atoms with Crippen LogP contribution in [0.1, 0.15) is 16.1 Å². The Labute approximate surface area is 91.2 Å². The van der Waals surface area contributed by atoms with E-state index in [-0.39, 0.29) is 5.52 Å². The maximum Gasteiger partial charge on any atom is 0.434 e. The molecule has 0 aliphatic heterocycles. The fourth-order valence-corrected chi connectivity index (χ4v) is 2.04. The van der Waals surface area contributed by atoms with E-state index in [0.29, 0.717) is 4.70 Å². The molecule has 0 amide bonds. The van der Waals surface area contributed by atoms with Gasteiger partial charge in [-0.25, -0.2) is 9.78 Å². The van der Waals surface area contributed by atoms with Crippen molar-refractivity contribution in [2.45, 2.75) is 6.18 Å². The molecule has 0 aliphatic carbocycles. The molecule has 0 spiro atoms. The number of aromatic carboxylic acids is 1. The van der Waals surface area contributed by atoms with E-state index in [0.717, 1.165) is 17.4 Å². The van der Waals surface area contributed by atoms with E-state index in [4.69, 9.17) is 5.11 Å². The van der Waals surface area contributed by atoms with Crippen LogP contribution in [0.15, 0.2) is 17.5 Å². The standard InChI is InChI=1S/C9H4F3NO2S/c10-9(11,12)7-4(8(14)15)3-6-5(13-7)1-2-16-6/h1-3H,(H,14,15). The Balaban J connectivity index is 2.77. The van der Waals surface area contributed by atoms with E-state index in [1.165, 1.54) is 6.07 Å². The number of rotatable bonds is 1. The summed E-state index contributed by atoms with van der Waals surface area (Å²) in [4.78, 5) is 14.0. The zero-order chi connectivity index (χ0) is 11.9. The van der Waals surface area contributed by atoms with Gasteiger partial charge in [0.2, 0.25) is 0 Å². The van der Waals surface area contributed by atoms with Gasteiger partial charge in [0.1, 0.15) is 0 Å². The van der Waals surface area contributed by atoms with E-state index in [1.807, 2.05) is 0 Å². The number of alkyl halides is 3. The lowest BCUT2D eigenvalue weighted by molar-refractivity contribution is -0.141. The maximum absolute atomic E-state index is 12.5. The number of aromatic nitrogens is 1. The van der Waals surface area contributed by atoms with Gasteiger partial charge < -0.3 is 5.11 Å². The van der Waals surface area contributed by atoms with Gasteiger partial charge in [0.15, 0.2) is 5.69 Å². The number of carboxylic acid groups (broad SMARTS) is 1. The molecule has 0 aromatic carbocycles. The SMILES string of the molecule is O=C(O)c1cc2sccc2nc1C(F)(F)F. The van der Waals surface area contributed by atoms with Crippen molar-refractivity contribution in [3.8, 4) is 0 Å². The molecule has 0 saturated carbocycles. The van der Waals surface area contributed by atoms with Crippen molar-refractivity contribution in [2.24, 2.45) is 0 Å². The minimum absolute atomic E-state index is 0.155. The van der Waals surface area contributed by atoms with Gasteiger partial charge in [0.05, 0.1) is 15.8 Å². The van der Waals surface area contributed by atoms with E-state index in [1.54, 1.807) is 5.38 Å². The first-order valence-corrected chi connectivity index (χ1v) is 4.96. The average molecular weight is 247 g/mol. The molecule has 0 bridgehead atoms. The van der Waals surface area contributed by atoms with Gasteiger partial charge in [-0.15, -0.1) is 11.3 Å². The van der Waals surface area contributed by atoms with Crippen LogP contribution in [0.3, 0.4) is 0 Å². The number of hydrogen-bond donors (Lipinski definition) is 1. The Hall–Kier alpha value is -1.63. The zero-order valence-electron chi connectivity index (χ0n) is 7.58. The quantitative estimate of drug-likeness (QED) is 0.842. The highest BCUT2D eigenvalue weighted by Gasteiger charge is 2.37. The Kier molecular flexibility index (Phi) is 2.34. The van der Waals surface area contributed by atoms with Gasteiger partial charge in [-0.2, -0.15) is 13.2 Å². The normalized spacial score (nSPS) is 11.9. The van der Waals surface area contributed by atoms with Crippen molar-refractivity contribution in [3.05, 3.63) is 28.8 Å².